The van der Waals surface area contributed by atoms with Crippen LogP contribution in [0.3, 0.4) is 0 Å². The molecule has 0 saturated carbocycles. The van der Waals surface area contributed by atoms with Crippen molar-refractivity contribution in [2.75, 3.05) is 19.4 Å². The van der Waals surface area contributed by atoms with Gasteiger partial charge in [0.2, 0.25) is 5.91 Å². The maximum absolute atomic E-state index is 13.1. The standard InChI is InChI=1S/C26H23ClN4O2S/c1-33-23-12-11-21(15-22(23)27)31-25(19-8-3-2-4-9-19)28-29-26(31)34-17-24(32)30-14-13-18-7-5-6-10-20(18)16-30/h2-12,15H,13-14,16-17H2,1H3. The van der Waals surface area contributed by atoms with E-state index in [1.54, 1.807) is 7.11 Å². The van der Waals surface area contributed by atoms with Crippen LogP contribution in [0.15, 0.2) is 78.0 Å². The zero-order valence-corrected chi connectivity index (χ0v) is 20.2. The number of aromatic nitrogens is 3. The molecule has 5 rings (SSSR count). The number of hydrogen-bond donors (Lipinski definition) is 0. The number of ether oxygens (including phenoxy) is 1. The minimum absolute atomic E-state index is 0.0862. The predicted octanol–water partition coefficient (Wildman–Crippen LogP) is 5.27. The summed E-state index contributed by atoms with van der Waals surface area (Å²) >= 11 is 7.80. The molecule has 172 valence electrons. The van der Waals surface area contributed by atoms with Crippen LogP contribution in [-0.2, 0) is 17.8 Å². The number of benzene rings is 3. The van der Waals surface area contributed by atoms with Gasteiger partial charge in [0.1, 0.15) is 5.75 Å². The van der Waals surface area contributed by atoms with Gasteiger partial charge < -0.3 is 9.64 Å². The lowest BCUT2D eigenvalue weighted by Gasteiger charge is -2.28. The summed E-state index contributed by atoms with van der Waals surface area (Å²) in [6.45, 7) is 1.37. The van der Waals surface area contributed by atoms with Crippen molar-refractivity contribution in [3.63, 3.8) is 0 Å². The van der Waals surface area contributed by atoms with Crippen LogP contribution in [0.1, 0.15) is 11.1 Å². The Morgan fingerprint density at radius 3 is 2.56 bits per heavy atom. The molecule has 0 bridgehead atoms. The lowest BCUT2D eigenvalue weighted by Crippen LogP contribution is -2.37. The van der Waals surface area contributed by atoms with Crippen molar-refractivity contribution in [2.24, 2.45) is 0 Å². The molecule has 34 heavy (non-hydrogen) atoms. The Hall–Kier alpha value is -3.29. The highest BCUT2D eigenvalue weighted by Crippen LogP contribution is 2.32. The van der Waals surface area contributed by atoms with E-state index in [-0.39, 0.29) is 11.7 Å². The van der Waals surface area contributed by atoms with E-state index in [1.165, 1.54) is 22.9 Å². The smallest absolute Gasteiger partial charge is 0.233 e. The van der Waals surface area contributed by atoms with Gasteiger partial charge in [-0.25, -0.2) is 0 Å². The largest absolute Gasteiger partial charge is 0.495 e. The number of carbonyl (C=O) groups is 1. The van der Waals surface area contributed by atoms with Crippen LogP contribution < -0.4 is 4.74 Å². The molecule has 1 aromatic heterocycles. The molecular formula is C26H23ClN4O2S. The molecular weight excluding hydrogens is 468 g/mol. The molecule has 0 unspecified atom stereocenters. The molecule has 0 saturated heterocycles. The number of hydrogen-bond acceptors (Lipinski definition) is 5. The number of nitrogens with zero attached hydrogens (tertiary/aromatic N) is 4. The molecule has 3 aromatic carbocycles. The lowest BCUT2D eigenvalue weighted by atomic mass is 10.00. The van der Waals surface area contributed by atoms with Crippen molar-refractivity contribution < 1.29 is 9.53 Å². The van der Waals surface area contributed by atoms with E-state index in [9.17, 15) is 4.79 Å². The number of thioether (sulfide) groups is 1. The zero-order chi connectivity index (χ0) is 23.5. The Labute approximate surface area is 207 Å². The van der Waals surface area contributed by atoms with Gasteiger partial charge >= 0.3 is 0 Å². The van der Waals surface area contributed by atoms with Crippen molar-refractivity contribution in [1.29, 1.82) is 0 Å². The molecule has 0 N–H and O–H groups in total. The minimum Gasteiger partial charge on any atom is -0.495 e. The molecule has 0 fully saturated rings. The lowest BCUT2D eigenvalue weighted by molar-refractivity contribution is -0.129. The molecule has 4 aromatic rings. The summed E-state index contributed by atoms with van der Waals surface area (Å²) in [5.74, 6) is 1.64. The van der Waals surface area contributed by atoms with Gasteiger partial charge in [-0.2, -0.15) is 0 Å². The molecule has 1 aliphatic rings. The first kappa shape index (κ1) is 22.5. The van der Waals surface area contributed by atoms with E-state index >= 15 is 0 Å². The molecule has 6 nitrogen and oxygen atoms in total. The maximum atomic E-state index is 13.1. The van der Waals surface area contributed by atoms with Gasteiger partial charge in [0, 0.05) is 18.7 Å². The van der Waals surface area contributed by atoms with Crippen LogP contribution in [0.5, 0.6) is 5.75 Å². The van der Waals surface area contributed by atoms with Gasteiger partial charge in [0.15, 0.2) is 11.0 Å². The second-order valence-corrected chi connectivity index (χ2v) is 9.30. The highest BCUT2D eigenvalue weighted by Gasteiger charge is 2.23. The number of amides is 1. The summed E-state index contributed by atoms with van der Waals surface area (Å²) in [7, 11) is 1.58. The van der Waals surface area contributed by atoms with Gasteiger partial charge in [-0.05, 0) is 35.7 Å². The quantitative estimate of drug-likeness (QED) is 0.344. The van der Waals surface area contributed by atoms with Gasteiger partial charge in [0.05, 0.1) is 23.6 Å². The first-order valence-corrected chi connectivity index (χ1v) is 12.3. The third-order valence-corrected chi connectivity index (χ3v) is 7.08. The van der Waals surface area contributed by atoms with Gasteiger partial charge in [0.25, 0.3) is 0 Å². The van der Waals surface area contributed by atoms with Crippen LogP contribution in [0.2, 0.25) is 5.02 Å². The average Bonchev–Trinajstić information content (AvgIpc) is 3.31. The Kier molecular flexibility index (Phi) is 6.56. The van der Waals surface area contributed by atoms with Crippen molar-refractivity contribution in [1.82, 2.24) is 19.7 Å². The topological polar surface area (TPSA) is 60.2 Å². The Morgan fingerprint density at radius 2 is 1.79 bits per heavy atom. The van der Waals surface area contributed by atoms with Gasteiger partial charge in [-0.3, -0.25) is 9.36 Å². The summed E-state index contributed by atoms with van der Waals surface area (Å²) in [6.07, 6.45) is 0.880. The fourth-order valence-electron chi connectivity index (χ4n) is 4.09. The monoisotopic (exact) mass is 490 g/mol. The van der Waals surface area contributed by atoms with Crippen LogP contribution in [0.25, 0.3) is 17.1 Å². The van der Waals surface area contributed by atoms with Crippen LogP contribution in [-0.4, -0.2) is 45.0 Å². The van der Waals surface area contributed by atoms with Crippen LogP contribution >= 0.6 is 23.4 Å². The maximum Gasteiger partial charge on any atom is 0.233 e. The van der Waals surface area contributed by atoms with E-state index in [4.69, 9.17) is 16.3 Å². The molecule has 0 atom stereocenters. The number of fused-ring (bicyclic) bond motifs is 1. The molecule has 0 spiro atoms. The first-order chi connectivity index (χ1) is 16.6. The van der Waals surface area contributed by atoms with Crippen molar-refractivity contribution in [2.45, 2.75) is 18.1 Å². The molecule has 0 aliphatic carbocycles. The van der Waals surface area contributed by atoms with Crippen molar-refractivity contribution in [3.8, 4) is 22.8 Å². The Morgan fingerprint density at radius 1 is 1.03 bits per heavy atom. The van der Waals surface area contributed by atoms with E-state index < -0.39 is 0 Å². The molecule has 0 radical (unpaired) electrons. The van der Waals surface area contributed by atoms with Crippen LogP contribution in [0.4, 0.5) is 0 Å². The summed E-state index contributed by atoms with van der Waals surface area (Å²) in [5.41, 5.74) is 4.27. The number of halogens is 1. The first-order valence-electron chi connectivity index (χ1n) is 11.0. The van der Waals surface area contributed by atoms with Crippen LogP contribution in [0, 0.1) is 0 Å². The van der Waals surface area contributed by atoms with Gasteiger partial charge in [-0.15, -0.1) is 10.2 Å². The summed E-state index contributed by atoms with van der Waals surface area (Å²) in [5, 5.41) is 10.00. The third-order valence-electron chi connectivity index (χ3n) is 5.87. The van der Waals surface area contributed by atoms with Crippen molar-refractivity contribution >= 4 is 29.3 Å². The minimum atomic E-state index is 0.0862. The average molecular weight is 491 g/mol. The van der Waals surface area contributed by atoms with E-state index in [1.807, 2.05) is 64.1 Å². The number of rotatable bonds is 6. The summed E-state index contributed by atoms with van der Waals surface area (Å²) in [6, 6.07) is 23.7. The van der Waals surface area contributed by atoms with E-state index in [0.717, 1.165) is 24.2 Å². The Bertz CT molecular complexity index is 1330. The number of methoxy groups -OCH3 is 1. The molecule has 2 heterocycles. The number of carbonyl (C=O) groups excluding carboxylic acids is 1. The molecule has 1 aliphatic heterocycles. The van der Waals surface area contributed by atoms with E-state index in [0.29, 0.717) is 28.3 Å². The van der Waals surface area contributed by atoms with E-state index in [2.05, 4.69) is 28.4 Å². The SMILES string of the molecule is COc1ccc(-n2c(SCC(=O)N3CCc4ccccc4C3)nnc2-c2ccccc2)cc1Cl. The Balaban J connectivity index is 1.41. The second kappa shape index (κ2) is 9.91. The second-order valence-electron chi connectivity index (χ2n) is 7.95. The fourth-order valence-corrected chi connectivity index (χ4v) is 5.20. The highest BCUT2D eigenvalue weighted by molar-refractivity contribution is 7.99. The summed E-state index contributed by atoms with van der Waals surface area (Å²) in [4.78, 5) is 15.0. The normalized spacial score (nSPS) is 12.9. The molecule has 8 heteroatoms. The van der Waals surface area contributed by atoms with Crippen molar-refractivity contribution in [3.05, 3.63) is 88.9 Å². The third kappa shape index (κ3) is 4.54. The predicted molar refractivity (Wildman–Crippen MR) is 135 cm³/mol. The summed E-state index contributed by atoms with van der Waals surface area (Å²) < 4.78 is 7.24. The molecule has 1 amide bonds. The highest BCUT2D eigenvalue weighted by atomic mass is 35.5. The van der Waals surface area contributed by atoms with Gasteiger partial charge in [-0.1, -0.05) is 78.0 Å². The fraction of sp³-hybridized carbons (Fsp3) is 0.192. The zero-order valence-electron chi connectivity index (χ0n) is 18.6.